The summed E-state index contributed by atoms with van der Waals surface area (Å²) in [6, 6.07) is 1.74. The van der Waals surface area contributed by atoms with Gasteiger partial charge in [0, 0.05) is 12.4 Å². The van der Waals surface area contributed by atoms with Crippen LogP contribution in [0.1, 0.15) is 0 Å². The largest absolute Gasteiger partial charge is 0.412 e. The van der Waals surface area contributed by atoms with E-state index in [4.69, 9.17) is 4.74 Å². The molecule has 0 aliphatic heterocycles. The SMILES string of the molecule is CNC(=O)Oc1ccsc1. The summed E-state index contributed by atoms with van der Waals surface area (Å²) in [6.45, 7) is 0. The molecule has 0 unspecified atom stereocenters. The molecule has 0 spiro atoms. The van der Waals surface area contributed by atoms with E-state index in [0.29, 0.717) is 5.75 Å². The van der Waals surface area contributed by atoms with E-state index >= 15 is 0 Å². The van der Waals surface area contributed by atoms with Gasteiger partial charge >= 0.3 is 6.09 Å². The fourth-order valence-corrected chi connectivity index (χ4v) is 1.02. The van der Waals surface area contributed by atoms with Gasteiger partial charge in [0.15, 0.2) is 0 Å². The lowest BCUT2D eigenvalue weighted by Gasteiger charge is -1.97. The molecule has 10 heavy (non-hydrogen) atoms. The van der Waals surface area contributed by atoms with Gasteiger partial charge < -0.3 is 10.1 Å². The predicted octanol–water partition coefficient (Wildman–Crippen LogP) is 1.47. The Morgan fingerprint density at radius 1 is 1.80 bits per heavy atom. The van der Waals surface area contributed by atoms with Gasteiger partial charge in [0.1, 0.15) is 5.75 Å². The molecule has 0 saturated heterocycles. The van der Waals surface area contributed by atoms with E-state index < -0.39 is 6.09 Å². The van der Waals surface area contributed by atoms with Crippen LogP contribution in [0.25, 0.3) is 0 Å². The van der Waals surface area contributed by atoms with Crippen molar-refractivity contribution in [2.24, 2.45) is 0 Å². The first-order chi connectivity index (χ1) is 4.83. The fourth-order valence-electron chi connectivity index (χ4n) is 0.468. The Hall–Kier alpha value is -1.03. The average Bonchev–Trinajstić information content (AvgIpc) is 2.40. The quantitative estimate of drug-likeness (QED) is 0.670. The number of nitrogens with one attached hydrogen (secondary N) is 1. The number of ether oxygens (including phenoxy) is 1. The Labute approximate surface area is 62.6 Å². The molecule has 0 saturated carbocycles. The third kappa shape index (κ3) is 1.73. The Kier molecular flexibility index (Phi) is 2.28. The topological polar surface area (TPSA) is 38.3 Å². The zero-order valence-electron chi connectivity index (χ0n) is 5.46. The van der Waals surface area contributed by atoms with E-state index in [-0.39, 0.29) is 0 Å². The van der Waals surface area contributed by atoms with E-state index in [2.05, 4.69) is 5.32 Å². The van der Waals surface area contributed by atoms with Gasteiger partial charge in [-0.25, -0.2) is 4.79 Å². The Bertz CT molecular complexity index is 208. The number of hydrogen-bond acceptors (Lipinski definition) is 3. The lowest BCUT2D eigenvalue weighted by Crippen LogP contribution is -2.21. The molecule has 0 radical (unpaired) electrons. The highest BCUT2D eigenvalue weighted by atomic mass is 32.1. The Morgan fingerprint density at radius 2 is 2.60 bits per heavy atom. The summed E-state index contributed by atoms with van der Waals surface area (Å²) in [6.07, 6.45) is -0.432. The van der Waals surface area contributed by atoms with E-state index in [1.807, 2.05) is 5.38 Å². The molecule has 1 amide bonds. The van der Waals surface area contributed by atoms with Crippen LogP contribution in [0.4, 0.5) is 4.79 Å². The smallest absolute Gasteiger partial charge is 0.409 e. The zero-order valence-corrected chi connectivity index (χ0v) is 6.27. The highest BCUT2D eigenvalue weighted by molar-refractivity contribution is 7.08. The van der Waals surface area contributed by atoms with Crippen molar-refractivity contribution in [2.75, 3.05) is 7.05 Å². The monoisotopic (exact) mass is 157 g/mol. The number of amides is 1. The molecule has 3 nitrogen and oxygen atoms in total. The molecule has 0 atom stereocenters. The fraction of sp³-hybridized carbons (Fsp3) is 0.167. The maximum Gasteiger partial charge on any atom is 0.412 e. The molecule has 1 aromatic heterocycles. The van der Waals surface area contributed by atoms with Gasteiger partial charge in [-0.2, -0.15) is 0 Å². The van der Waals surface area contributed by atoms with Gasteiger partial charge in [-0.3, -0.25) is 0 Å². The zero-order chi connectivity index (χ0) is 7.40. The number of hydrogen-bond donors (Lipinski definition) is 1. The van der Waals surface area contributed by atoms with Gasteiger partial charge in [0.2, 0.25) is 0 Å². The minimum absolute atomic E-state index is 0.432. The first-order valence-corrected chi connectivity index (χ1v) is 3.69. The summed E-state index contributed by atoms with van der Waals surface area (Å²) in [5, 5.41) is 5.95. The normalized spacial score (nSPS) is 8.90. The molecule has 0 aliphatic carbocycles. The maximum absolute atomic E-state index is 10.6. The predicted molar refractivity (Wildman–Crippen MR) is 39.4 cm³/mol. The molecular weight excluding hydrogens is 150 g/mol. The van der Waals surface area contributed by atoms with Gasteiger partial charge in [-0.1, -0.05) is 0 Å². The second-order valence-electron chi connectivity index (χ2n) is 1.60. The summed E-state index contributed by atoms with van der Waals surface area (Å²) in [7, 11) is 1.52. The van der Waals surface area contributed by atoms with Crippen molar-refractivity contribution in [1.82, 2.24) is 5.32 Å². The van der Waals surface area contributed by atoms with E-state index in [1.54, 1.807) is 11.4 Å². The molecule has 0 aliphatic rings. The minimum atomic E-state index is -0.432. The summed E-state index contributed by atoms with van der Waals surface area (Å²) in [5.41, 5.74) is 0. The second kappa shape index (κ2) is 3.22. The first-order valence-electron chi connectivity index (χ1n) is 2.74. The van der Waals surface area contributed by atoms with Crippen molar-refractivity contribution in [3.63, 3.8) is 0 Å². The summed E-state index contributed by atoms with van der Waals surface area (Å²) < 4.78 is 4.76. The van der Waals surface area contributed by atoms with Gasteiger partial charge in [0.05, 0.1) is 0 Å². The molecule has 4 heteroatoms. The minimum Gasteiger partial charge on any atom is -0.409 e. The molecule has 0 bridgehead atoms. The molecule has 1 aromatic rings. The summed E-state index contributed by atoms with van der Waals surface area (Å²) in [5.74, 6) is 0.587. The van der Waals surface area contributed by atoms with Crippen molar-refractivity contribution in [3.05, 3.63) is 16.8 Å². The standard InChI is InChI=1S/C6H7NO2S/c1-7-6(8)9-5-2-3-10-4-5/h2-4H,1H3,(H,7,8). The highest BCUT2D eigenvalue weighted by Crippen LogP contribution is 2.14. The lowest BCUT2D eigenvalue weighted by atomic mass is 10.6. The third-order valence-electron chi connectivity index (χ3n) is 0.910. The van der Waals surface area contributed by atoms with Crippen LogP contribution in [-0.2, 0) is 0 Å². The summed E-state index contributed by atoms with van der Waals surface area (Å²) >= 11 is 1.49. The molecule has 1 heterocycles. The maximum atomic E-state index is 10.6. The molecule has 0 aromatic carbocycles. The van der Waals surface area contributed by atoms with Gasteiger partial charge in [-0.15, -0.1) is 11.3 Å². The number of carbonyl (C=O) groups excluding carboxylic acids is 1. The van der Waals surface area contributed by atoms with Crippen LogP contribution in [0.2, 0.25) is 0 Å². The van der Waals surface area contributed by atoms with Crippen LogP contribution in [0, 0.1) is 0 Å². The lowest BCUT2D eigenvalue weighted by molar-refractivity contribution is 0.203. The highest BCUT2D eigenvalue weighted by Gasteiger charge is 1.98. The first kappa shape index (κ1) is 7.08. The van der Waals surface area contributed by atoms with Crippen LogP contribution < -0.4 is 10.1 Å². The van der Waals surface area contributed by atoms with Crippen molar-refractivity contribution in [1.29, 1.82) is 0 Å². The molecular formula is C6H7NO2S. The molecule has 1 N–H and O–H groups in total. The Balaban J connectivity index is 2.48. The third-order valence-corrected chi connectivity index (χ3v) is 1.57. The van der Waals surface area contributed by atoms with E-state index in [0.717, 1.165) is 0 Å². The number of carbonyl (C=O) groups is 1. The second-order valence-corrected chi connectivity index (χ2v) is 2.38. The Morgan fingerprint density at radius 3 is 3.10 bits per heavy atom. The van der Waals surface area contributed by atoms with Crippen LogP contribution >= 0.6 is 11.3 Å². The van der Waals surface area contributed by atoms with Crippen molar-refractivity contribution in [3.8, 4) is 5.75 Å². The number of rotatable bonds is 1. The van der Waals surface area contributed by atoms with Crippen LogP contribution in [0.3, 0.4) is 0 Å². The van der Waals surface area contributed by atoms with Crippen molar-refractivity contribution in [2.45, 2.75) is 0 Å². The number of thiophene rings is 1. The van der Waals surface area contributed by atoms with Gasteiger partial charge in [-0.05, 0) is 11.4 Å². The van der Waals surface area contributed by atoms with Crippen molar-refractivity contribution < 1.29 is 9.53 Å². The molecule has 1 rings (SSSR count). The van der Waals surface area contributed by atoms with Gasteiger partial charge in [0.25, 0.3) is 0 Å². The molecule has 54 valence electrons. The van der Waals surface area contributed by atoms with E-state index in [1.165, 1.54) is 18.4 Å². The molecule has 0 fully saturated rings. The van der Waals surface area contributed by atoms with Crippen molar-refractivity contribution >= 4 is 17.4 Å². The van der Waals surface area contributed by atoms with Crippen LogP contribution in [-0.4, -0.2) is 13.1 Å². The van der Waals surface area contributed by atoms with Crippen LogP contribution in [0.15, 0.2) is 16.8 Å². The summed E-state index contributed by atoms with van der Waals surface area (Å²) in [4.78, 5) is 10.6. The van der Waals surface area contributed by atoms with E-state index in [9.17, 15) is 4.79 Å². The average molecular weight is 157 g/mol. The van der Waals surface area contributed by atoms with Crippen LogP contribution in [0.5, 0.6) is 5.75 Å².